The zero-order chi connectivity index (χ0) is 12.4. The molecule has 1 saturated carbocycles. The maximum absolute atomic E-state index is 4.78. The summed E-state index contributed by atoms with van der Waals surface area (Å²) < 4.78 is 3.32. The monoisotopic (exact) mass is 298 g/mol. The lowest BCUT2D eigenvalue weighted by atomic mass is 9.96. The van der Waals surface area contributed by atoms with Gasteiger partial charge in [0.2, 0.25) is 0 Å². The third kappa shape index (κ3) is 2.95. The summed E-state index contributed by atoms with van der Waals surface area (Å²) in [5.41, 5.74) is 1.19. The number of para-hydroxylation sites is 1. The van der Waals surface area contributed by atoms with E-state index in [0.29, 0.717) is 6.04 Å². The molecule has 1 aromatic carbocycles. The number of nitrogens with one attached hydrogen (secondary N) is 2. The van der Waals surface area contributed by atoms with Gasteiger partial charge in [-0.3, -0.25) is 4.72 Å². The molecule has 3 rings (SSSR count). The third-order valence-corrected chi connectivity index (χ3v) is 6.34. The first-order chi connectivity index (χ1) is 8.75. The Labute approximate surface area is 123 Å². The molecule has 1 unspecified atom stereocenters. The van der Waals surface area contributed by atoms with Gasteiger partial charge in [0.15, 0.2) is 3.54 Å². The predicted octanol–water partition coefficient (Wildman–Crippen LogP) is 4.32. The molecule has 0 aromatic heterocycles. The summed E-state index contributed by atoms with van der Waals surface area (Å²) in [6.45, 7) is 0. The molecule has 0 spiro atoms. The minimum atomic E-state index is -0.277. The van der Waals surface area contributed by atoms with E-state index >= 15 is 0 Å². The quantitative estimate of drug-likeness (QED) is 0.440. The largest absolute Gasteiger partial charge is 0.352 e. The lowest BCUT2D eigenvalue weighted by molar-refractivity contribution is 0.423. The van der Waals surface area contributed by atoms with Crippen LogP contribution in [0.4, 0.5) is 5.69 Å². The molecule has 2 aliphatic rings. The van der Waals surface area contributed by atoms with Crippen molar-refractivity contribution in [3.05, 3.63) is 24.3 Å². The molecule has 1 aromatic rings. The lowest BCUT2D eigenvalue weighted by Gasteiger charge is -2.28. The molecule has 0 bridgehead atoms. The number of benzene rings is 1. The van der Waals surface area contributed by atoms with Crippen LogP contribution < -0.4 is 10.0 Å². The van der Waals surface area contributed by atoms with Gasteiger partial charge in [0, 0.05) is 10.9 Å². The van der Waals surface area contributed by atoms with Crippen molar-refractivity contribution < 1.29 is 0 Å². The van der Waals surface area contributed by atoms with Gasteiger partial charge < -0.3 is 5.32 Å². The number of anilines is 1. The highest BCUT2D eigenvalue weighted by atomic mass is 32.3. The number of rotatable bonds is 3. The number of fused-ring (bicyclic) bond motifs is 1. The van der Waals surface area contributed by atoms with Gasteiger partial charge in [0.05, 0.1) is 5.69 Å². The van der Waals surface area contributed by atoms with Gasteiger partial charge in [-0.15, -0.1) is 12.6 Å². The maximum atomic E-state index is 4.78. The van der Waals surface area contributed by atoms with Crippen LogP contribution in [-0.2, 0) is 0 Å². The molecule has 1 heterocycles. The molecular formula is C13H18N2S3. The molecule has 0 radical (unpaired) electrons. The Morgan fingerprint density at radius 3 is 2.83 bits per heavy atom. The minimum absolute atomic E-state index is 0.277. The Balaban J connectivity index is 1.57. The van der Waals surface area contributed by atoms with E-state index in [1.54, 1.807) is 23.7 Å². The van der Waals surface area contributed by atoms with Crippen molar-refractivity contribution in [2.75, 3.05) is 5.32 Å². The molecule has 18 heavy (non-hydrogen) atoms. The molecule has 1 aliphatic carbocycles. The third-order valence-electron chi connectivity index (χ3n) is 3.40. The Kier molecular flexibility index (Phi) is 4.03. The van der Waals surface area contributed by atoms with E-state index < -0.39 is 0 Å². The Morgan fingerprint density at radius 2 is 2.06 bits per heavy atom. The van der Waals surface area contributed by atoms with Crippen molar-refractivity contribution in [2.45, 2.75) is 46.6 Å². The van der Waals surface area contributed by atoms with Crippen LogP contribution in [0.15, 0.2) is 29.2 Å². The van der Waals surface area contributed by atoms with Gasteiger partial charge in [0.25, 0.3) is 0 Å². The molecule has 1 fully saturated rings. The molecule has 0 saturated heterocycles. The SMILES string of the molecule is SC1(SNC2CCCCC2)Nc2ccccc2S1. The van der Waals surface area contributed by atoms with E-state index in [9.17, 15) is 0 Å². The summed E-state index contributed by atoms with van der Waals surface area (Å²) in [5.74, 6) is 0. The van der Waals surface area contributed by atoms with Crippen LogP contribution >= 0.6 is 36.3 Å². The standard InChI is InChI=1S/C13H18N2S3/c16-13(18-15-10-6-2-1-3-7-10)14-11-8-4-5-9-12(11)17-13/h4-5,8-10,14-16H,1-3,6-7H2. The van der Waals surface area contributed by atoms with E-state index in [4.69, 9.17) is 12.6 Å². The molecule has 5 heteroatoms. The van der Waals surface area contributed by atoms with Crippen LogP contribution in [0.25, 0.3) is 0 Å². The second-order valence-electron chi connectivity index (χ2n) is 4.86. The second kappa shape index (κ2) is 5.57. The van der Waals surface area contributed by atoms with Gasteiger partial charge in [-0.1, -0.05) is 43.2 Å². The number of hydrogen-bond donors (Lipinski definition) is 3. The molecule has 1 atom stereocenters. The van der Waals surface area contributed by atoms with Gasteiger partial charge >= 0.3 is 0 Å². The zero-order valence-electron chi connectivity index (χ0n) is 10.2. The Hall–Kier alpha value is 0.0300. The number of thioether (sulfide) groups is 1. The van der Waals surface area contributed by atoms with Crippen LogP contribution in [0.5, 0.6) is 0 Å². The fraction of sp³-hybridized carbons (Fsp3) is 0.538. The average Bonchev–Trinajstić information content (AvgIpc) is 2.74. The van der Waals surface area contributed by atoms with Gasteiger partial charge in [-0.2, -0.15) is 0 Å². The van der Waals surface area contributed by atoms with Crippen molar-refractivity contribution >= 4 is 42.0 Å². The fourth-order valence-corrected chi connectivity index (χ4v) is 5.15. The van der Waals surface area contributed by atoms with Crippen LogP contribution in [0.3, 0.4) is 0 Å². The predicted molar refractivity (Wildman–Crippen MR) is 85.2 cm³/mol. The second-order valence-corrected chi connectivity index (χ2v) is 8.70. The van der Waals surface area contributed by atoms with Gasteiger partial charge in [-0.25, -0.2) is 0 Å². The van der Waals surface area contributed by atoms with Crippen molar-refractivity contribution in [3.8, 4) is 0 Å². The topological polar surface area (TPSA) is 24.1 Å². The Morgan fingerprint density at radius 1 is 1.28 bits per heavy atom. The smallest absolute Gasteiger partial charge is 0.194 e. The van der Waals surface area contributed by atoms with Gasteiger partial charge in [0.1, 0.15) is 0 Å². The Bertz CT molecular complexity index is 393. The highest BCUT2D eigenvalue weighted by Gasteiger charge is 2.35. The van der Waals surface area contributed by atoms with Crippen molar-refractivity contribution in [1.29, 1.82) is 0 Å². The summed E-state index contributed by atoms with van der Waals surface area (Å²) in [6, 6.07) is 9.05. The molecular weight excluding hydrogens is 280 g/mol. The zero-order valence-corrected chi connectivity index (χ0v) is 12.7. The van der Waals surface area contributed by atoms with Crippen molar-refractivity contribution in [3.63, 3.8) is 0 Å². The lowest BCUT2D eigenvalue weighted by Crippen LogP contribution is -2.32. The highest BCUT2D eigenvalue weighted by molar-refractivity contribution is 8.29. The summed E-state index contributed by atoms with van der Waals surface area (Å²) >= 11 is 8.27. The molecule has 2 N–H and O–H groups in total. The summed E-state index contributed by atoms with van der Waals surface area (Å²) in [5, 5.41) is 3.48. The van der Waals surface area contributed by atoms with Gasteiger partial charge in [-0.05, 0) is 36.9 Å². The van der Waals surface area contributed by atoms with Crippen LogP contribution in [0.2, 0.25) is 0 Å². The first kappa shape index (κ1) is 13.0. The maximum Gasteiger partial charge on any atom is 0.194 e. The van der Waals surface area contributed by atoms with Crippen LogP contribution in [0, 0.1) is 0 Å². The normalized spacial score (nSPS) is 27.8. The molecule has 2 nitrogen and oxygen atoms in total. The summed E-state index contributed by atoms with van der Waals surface area (Å²) in [6.07, 6.45) is 6.72. The molecule has 98 valence electrons. The highest BCUT2D eigenvalue weighted by Crippen LogP contribution is 2.52. The number of thiol groups is 1. The first-order valence-corrected chi connectivity index (χ1v) is 8.55. The summed E-state index contributed by atoms with van der Waals surface area (Å²) in [4.78, 5) is 1.28. The molecule has 0 amide bonds. The minimum Gasteiger partial charge on any atom is -0.352 e. The van der Waals surface area contributed by atoms with E-state index in [1.807, 2.05) is 0 Å². The van der Waals surface area contributed by atoms with E-state index in [1.165, 1.54) is 42.7 Å². The van der Waals surface area contributed by atoms with E-state index in [2.05, 4.69) is 34.3 Å². The summed E-state index contributed by atoms with van der Waals surface area (Å²) in [7, 11) is 0. The van der Waals surface area contributed by atoms with E-state index in [-0.39, 0.29) is 3.54 Å². The number of hydrogen-bond acceptors (Lipinski definition) is 5. The first-order valence-electron chi connectivity index (χ1n) is 6.47. The van der Waals surface area contributed by atoms with Crippen LogP contribution in [0.1, 0.15) is 32.1 Å². The van der Waals surface area contributed by atoms with Crippen molar-refractivity contribution in [2.24, 2.45) is 0 Å². The molecule has 1 aliphatic heterocycles. The van der Waals surface area contributed by atoms with Crippen LogP contribution in [-0.4, -0.2) is 9.58 Å². The van der Waals surface area contributed by atoms with E-state index in [0.717, 1.165) is 0 Å². The average molecular weight is 299 g/mol. The van der Waals surface area contributed by atoms with Crippen molar-refractivity contribution in [1.82, 2.24) is 4.72 Å². The fourth-order valence-electron chi connectivity index (χ4n) is 2.43.